The number of nitrogens with one attached hydrogen (secondary N) is 1. The fourth-order valence-corrected chi connectivity index (χ4v) is 2.44. The van der Waals surface area contributed by atoms with Crippen LogP contribution >= 0.6 is 0 Å². The molecule has 0 saturated heterocycles. The van der Waals surface area contributed by atoms with E-state index in [0.717, 1.165) is 19.3 Å². The van der Waals surface area contributed by atoms with Crippen LogP contribution in [0.3, 0.4) is 0 Å². The third kappa shape index (κ3) is 3.30. The number of carbonyl (C=O) groups is 2. The van der Waals surface area contributed by atoms with Gasteiger partial charge in [-0.05, 0) is 30.9 Å². The first kappa shape index (κ1) is 13.5. The molecule has 5 nitrogen and oxygen atoms in total. The molecule has 2 N–H and O–H groups in total. The predicted molar refractivity (Wildman–Crippen MR) is 70.1 cm³/mol. The minimum Gasteiger partial charge on any atom is -0.477 e. The highest BCUT2D eigenvalue weighted by Gasteiger charge is 2.23. The van der Waals surface area contributed by atoms with Gasteiger partial charge in [0.25, 0.3) is 5.91 Å². The van der Waals surface area contributed by atoms with Crippen molar-refractivity contribution in [3.05, 3.63) is 29.6 Å². The van der Waals surface area contributed by atoms with Crippen LogP contribution in [0.15, 0.2) is 18.3 Å². The summed E-state index contributed by atoms with van der Waals surface area (Å²) in [7, 11) is 0. The quantitative estimate of drug-likeness (QED) is 0.874. The maximum Gasteiger partial charge on any atom is 0.354 e. The molecule has 1 heterocycles. The lowest BCUT2D eigenvalue weighted by molar-refractivity contribution is 0.0689. The van der Waals surface area contributed by atoms with E-state index in [1.165, 1.54) is 24.8 Å². The zero-order chi connectivity index (χ0) is 13.8. The molecule has 0 spiro atoms. The number of aromatic carboxylic acids is 1. The van der Waals surface area contributed by atoms with E-state index in [0.29, 0.717) is 11.5 Å². The molecule has 102 valence electrons. The number of amides is 1. The fourth-order valence-electron chi connectivity index (χ4n) is 2.44. The van der Waals surface area contributed by atoms with Crippen LogP contribution in [-0.4, -0.2) is 28.0 Å². The Hall–Kier alpha value is -1.91. The van der Waals surface area contributed by atoms with Crippen molar-refractivity contribution in [2.75, 3.05) is 0 Å². The van der Waals surface area contributed by atoms with Gasteiger partial charge in [-0.25, -0.2) is 9.78 Å². The lowest BCUT2D eigenvalue weighted by Gasteiger charge is -2.29. The summed E-state index contributed by atoms with van der Waals surface area (Å²) in [5, 5.41) is 11.8. The lowest BCUT2D eigenvalue weighted by Crippen LogP contribution is -2.41. The Labute approximate surface area is 112 Å². The number of hydrogen-bond acceptors (Lipinski definition) is 3. The molecule has 2 unspecified atom stereocenters. The van der Waals surface area contributed by atoms with Gasteiger partial charge in [0.15, 0.2) is 0 Å². The van der Waals surface area contributed by atoms with Crippen molar-refractivity contribution in [2.45, 2.75) is 38.6 Å². The number of nitrogens with zero attached hydrogens (tertiary/aromatic N) is 1. The third-order valence-electron chi connectivity index (χ3n) is 3.67. The molecule has 0 aliphatic heterocycles. The maximum atomic E-state index is 12.0. The average Bonchev–Trinajstić information content (AvgIpc) is 2.41. The topological polar surface area (TPSA) is 79.3 Å². The average molecular weight is 262 g/mol. The van der Waals surface area contributed by atoms with Crippen molar-refractivity contribution in [2.24, 2.45) is 5.92 Å². The molecular formula is C14H18N2O3. The monoisotopic (exact) mass is 262 g/mol. The highest BCUT2D eigenvalue weighted by atomic mass is 16.4. The second-order valence-corrected chi connectivity index (χ2v) is 5.08. The Balaban J connectivity index is 2.01. The minimum atomic E-state index is -1.09. The number of carboxylic acid groups (broad SMARTS) is 1. The van der Waals surface area contributed by atoms with Crippen LogP contribution in [0.1, 0.15) is 53.5 Å². The third-order valence-corrected chi connectivity index (χ3v) is 3.67. The summed E-state index contributed by atoms with van der Waals surface area (Å²) in [6, 6.07) is 3.06. The summed E-state index contributed by atoms with van der Waals surface area (Å²) in [5.41, 5.74) is 0.352. The van der Waals surface area contributed by atoms with E-state index in [-0.39, 0.29) is 17.6 Å². The Morgan fingerprint density at radius 3 is 2.63 bits per heavy atom. The van der Waals surface area contributed by atoms with E-state index in [9.17, 15) is 9.59 Å². The van der Waals surface area contributed by atoms with Crippen LogP contribution in [0, 0.1) is 5.92 Å². The first-order valence-electron chi connectivity index (χ1n) is 6.58. The summed E-state index contributed by atoms with van der Waals surface area (Å²) in [6.45, 7) is 2.15. The molecular weight excluding hydrogens is 244 g/mol. The number of carbonyl (C=O) groups excluding carboxylic acids is 1. The second-order valence-electron chi connectivity index (χ2n) is 5.08. The van der Waals surface area contributed by atoms with E-state index in [1.807, 2.05) is 0 Å². The van der Waals surface area contributed by atoms with E-state index < -0.39 is 5.97 Å². The molecule has 0 bridgehead atoms. The fraction of sp³-hybridized carbons (Fsp3) is 0.500. The summed E-state index contributed by atoms with van der Waals surface area (Å²) in [6.07, 6.45) is 5.83. The molecule has 2 rings (SSSR count). The molecule has 19 heavy (non-hydrogen) atoms. The van der Waals surface area contributed by atoms with Gasteiger partial charge in [0.1, 0.15) is 5.69 Å². The molecule has 1 saturated carbocycles. The maximum absolute atomic E-state index is 12.0. The van der Waals surface area contributed by atoms with Gasteiger partial charge in [-0.1, -0.05) is 19.8 Å². The van der Waals surface area contributed by atoms with Gasteiger partial charge in [-0.3, -0.25) is 4.79 Å². The molecule has 1 aliphatic rings. The Bertz CT molecular complexity index is 470. The summed E-state index contributed by atoms with van der Waals surface area (Å²) < 4.78 is 0. The second kappa shape index (κ2) is 5.82. The van der Waals surface area contributed by atoms with Gasteiger partial charge >= 0.3 is 5.97 Å². The molecule has 5 heteroatoms. The normalized spacial score (nSPS) is 22.8. The highest BCUT2D eigenvalue weighted by molar-refractivity contribution is 5.95. The zero-order valence-electron chi connectivity index (χ0n) is 10.9. The van der Waals surface area contributed by atoms with Crippen molar-refractivity contribution in [1.29, 1.82) is 0 Å². The van der Waals surface area contributed by atoms with Crippen molar-refractivity contribution in [1.82, 2.24) is 10.3 Å². The largest absolute Gasteiger partial charge is 0.477 e. The van der Waals surface area contributed by atoms with E-state index in [1.54, 1.807) is 0 Å². The molecule has 2 atom stereocenters. The number of carboxylic acids is 1. The van der Waals surface area contributed by atoms with Gasteiger partial charge < -0.3 is 10.4 Å². The standard InChI is InChI=1S/C14H18N2O3/c1-9-4-2-3-5-11(9)16-13(17)10-6-7-12(14(18)19)15-8-10/h6-9,11H,2-5H2,1H3,(H,16,17)(H,18,19). The SMILES string of the molecule is CC1CCCCC1NC(=O)c1ccc(C(=O)O)nc1. The van der Waals surface area contributed by atoms with Crippen molar-refractivity contribution < 1.29 is 14.7 Å². The van der Waals surface area contributed by atoms with Gasteiger partial charge in [0.2, 0.25) is 0 Å². The Morgan fingerprint density at radius 2 is 2.05 bits per heavy atom. The summed E-state index contributed by atoms with van der Waals surface area (Å²) in [5.74, 6) is -0.778. The highest BCUT2D eigenvalue weighted by Crippen LogP contribution is 2.23. The van der Waals surface area contributed by atoms with Crippen LogP contribution in [-0.2, 0) is 0 Å². The van der Waals surface area contributed by atoms with E-state index in [2.05, 4.69) is 17.2 Å². The molecule has 1 fully saturated rings. The summed E-state index contributed by atoms with van der Waals surface area (Å²) in [4.78, 5) is 26.5. The number of pyridine rings is 1. The van der Waals surface area contributed by atoms with E-state index >= 15 is 0 Å². The Kier molecular flexibility index (Phi) is 4.14. The van der Waals surface area contributed by atoms with E-state index in [4.69, 9.17) is 5.11 Å². The Morgan fingerprint density at radius 1 is 1.32 bits per heavy atom. The molecule has 0 aromatic carbocycles. The van der Waals surface area contributed by atoms with Crippen LogP contribution < -0.4 is 5.32 Å². The molecule has 1 amide bonds. The van der Waals surface area contributed by atoms with Gasteiger partial charge in [-0.15, -0.1) is 0 Å². The smallest absolute Gasteiger partial charge is 0.354 e. The van der Waals surface area contributed by atoms with Crippen LogP contribution in [0.25, 0.3) is 0 Å². The first-order valence-corrected chi connectivity index (χ1v) is 6.58. The first-order chi connectivity index (χ1) is 9.08. The van der Waals surface area contributed by atoms with Gasteiger partial charge in [0, 0.05) is 12.2 Å². The van der Waals surface area contributed by atoms with Gasteiger partial charge in [-0.2, -0.15) is 0 Å². The number of aromatic nitrogens is 1. The predicted octanol–water partition coefficient (Wildman–Crippen LogP) is 2.09. The molecule has 1 aromatic heterocycles. The van der Waals surface area contributed by atoms with Crippen molar-refractivity contribution in [3.63, 3.8) is 0 Å². The zero-order valence-corrected chi connectivity index (χ0v) is 10.9. The minimum absolute atomic E-state index is 0.0532. The van der Waals surface area contributed by atoms with Crippen LogP contribution in [0.4, 0.5) is 0 Å². The summed E-state index contributed by atoms with van der Waals surface area (Å²) >= 11 is 0. The van der Waals surface area contributed by atoms with Crippen LogP contribution in [0.2, 0.25) is 0 Å². The van der Waals surface area contributed by atoms with Crippen LogP contribution in [0.5, 0.6) is 0 Å². The molecule has 1 aromatic rings. The lowest BCUT2D eigenvalue weighted by atomic mass is 9.86. The molecule has 1 aliphatic carbocycles. The molecule has 0 radical (unpaired) electrons. The van der Waals surface area contributed by atoms with Crippen molar-refractivity contribution >= 4 is 11.9 Å². The van der Waals surface area contributed by atoms with Crippen molar-refractivity contribution in [3.8, 4) is 0 Å². The van der Waals surface area contributed by atoms with Gasteiger partial charge in [0.05, 0.1) is 5.56 Å². The number of rotatable bonds is 3. The number of hydrogen-bond donors (Lipinski definition) is 2.